The molecule has 0 radical (unpaired) electrons. The number of likely N-dealkylation sites (N-methyl/N-ethyl adjacent to an activating group) is 1. The summed E-state index contributed by atoms with van der Waals surface area (Å²) < 4.78 is 12.7. The summed E-state index contributed by atoms with van der Waals surface area (Å²) in [7, 11) is 3.46. The predicted octanol–water partition coefficient (Wildman–Crippen LogP) is 1.88. The van der Waals surface area contributed by atoms with Gasteiger partial charge in [0.15, 0.2) is 5.82 Å². The third-order valence-corrected chi connectivity index (χ3v) is 4.52. The number of aryl methyl sites for hydroxylation is 1. The number of aromatic nitrogens is 5. The average molecular weight is 415 g/mol. The number of hydrogen-bond acceptors (Lipinski definition) is 9. The molecule has 0 unspecified atom stereocenters. The fraction of sp³-hybridized carbons (Fsp3) is 0.500. The molecule has 10 nitrogen and oxygen atoms in total. The van der Waals surface area contributed by atoms with Crippen LogP contribution < -0.4 is 10.2 Å². The molecule has 0 aliphatic carbocycles. The molecular weight excluding hydrogens is 386 g/mol. The molecule has 0 aliphatic rings. The summed E-state index contributed by atoms with van der Waals surface area (Å²) in [4.78, 5) is 15.6. The summed E-state index contributed by atoms with van der Waals surface area (Å²) in [5, 5.41) is 17.4. The molecule has 3 aromatic heterocycles. The Labute approximate surface area is 175 Å². The maximum absolute atomic E-state index is 9.34. The number of ether oxygens (including phenoxy) is 2. The van der Waals surface area contributed by atoms with Crippen LogP contribution in [0, 0.1) is 6.92 Å². The van der Waals surface area contributed by atoms with Crippen LogP contribution in [0.1, 0.15) is 18.2 Å². The number of rotatable bonds is 11. The Hall–Kier alpha value is -2.82. The van der Waals surface area contributed by atoms with E-state index in [1.807, 2.05) is 37.7 Å². The van der Waals surface area contributed by atoms with Gasteiger partial charge in [-0.15, -0.1) is 0 Å². The van der Waals surface area contributed by atoms with Crippen molar-refractivity contribution in [3.8, 4) is 0 Å². The first-order valence-electron chi connectivity index (χ1n) is 9.93. The molecule has 2 N–H and O–H groups in total. The number of pyridine rings is 1. The van der Waals surface area contributed by atoms with Gasteiger partial charge in [-0.25, -0.2) is 9.97 Å². The summed E-state index contributed by atoms with van der Waals surface area (Å²) >= 11 is 0. The average Bonchev–Trinajstić information content (AvgIpc) is 3.06. The highest BCUT2D eigenvalue weighted by Crippen LogP contribution is 2.28. The van der Waals surface area contributed by atoms with E-state index >= 15 is 0 Å². The first kappa shape index (κ1) is 21.9. The van der Waals surface area contributed by atoms with Crippen molar-refractivity contribution in [2.24, 2.45) is 0 Å². The van der Waals surface area contributed by atoms with E-state index in [1.165, 1.54) is 0 Å². The van der Waals surface area contributed by atoms with E-state index in [0.29, 0.717) is 61.7 Å². The molecule has 0 aromatic carbocycles. The fourth-order valence-electron chi connectivity index (χ4n) is 3.06. The van der Waals surface area contributed by atoms with E-state index in [-0.39, 0.29) is 6.61 Å². The smallest absolute Gasteiger partial charge is 0.227 e. The molecule has 0 amide bonds. The molecular formula is C20H29N7O3. The zero-order valence-electron chi connectivity index (χ0n) is 17.9. The molecule has 0 fully saturated rings. The quantitative estimate of drug-likeness (QED) is 0.454. The summed E-state index contributed by atoms with van der Waals surface area (Å²) in [6.45, 7) is 6.40. The first-order valence-corrected chi connectivity index (χ1v) is 9.93. The van der Waals surface area contributed by atoms with Crippen molar-refractivity contribution in [1.29, 1.82) is 0 Å². The molecule has 3 aromatic rings. The van der Waals surface area contributed by atoms with Crippen LogP contribution in [0.2, 0.25) is 0 Å². The largest absolute Gasteiger partial charge is 0.395 e. The summed E-state index contributed by atoms with van der Waals surface area (Å²) in [5.41, 5.74) is 3.25. The van der Waals surface area contributed by atoms with Crippen molar-refractivity contribution in [2.45, 2.75) is 27.0 Å². The number of nitrogens with one attached hydrogen (secondary N) is 1. The molecule has 0 bridgehead atoms. The Morgan fingerprint density at radius 1 is 1.30 bits per heavy atom. The third-order valence-electron chi connectivity index (χ3n) is 4.52. The van der Waals surface area contributed by atoms with E-state index in [4.69, 9.17) is 24.5 Å². The zero-order chi connectivity index (χ0) is 21.5. The standard InChI is InChI=1S/C20H29N7O3/c1-5-30-11-9-27-18-17(15(25-27)13-29-4)23-20(26(3)8-10-28)24-19(18)22-16-12-14(2)6-7-21-16/h6-7,12,28H,5,8-11,13H2,1-4H3,(H,21,22,23,24). The van der Waals surface area contributed by atoms with E-state index in [9.17, 15) is 5.11 Å². The number of aliphatic hydroxyl groups is 1. The lowest BCUT2D eigenvalue weighted by molar-refractivity contribution is 0.136. The van der Waals surface area contributed by atoms with Crippen LogP contribution in [-0.2, 0) is 22.6 Å². The molecule has 0 atom stereocenters. The summed E-state index contributed by atoms with van der Waals surface area (Å²) in [6, 6.07) is 3.88. The Morgan fingerprint density at radius 3 is 2.83 bits per heavy atom. The van der Waals surface area contributed by atoms with Gasteiger partial charge >= 0.3 is 0 Å². The van der Waals surface area contributed by atoms with Crippen molar-refractivity contribution >= 4 is 28.6 Å². The van der Waals surface area contributed by atoms with Crippen LogP contribution in [0.5, 0.6) is 0 Å². The fourth-order valence-corrected chi connectivity index (χ4v) is 3.06. The van der Waals surface area contributed by atoms with Gasteiger partial charge in [0.25, 0.3) is 0 Å². The number of anilines is 3. The van der Waals surface area contributed by atoms with E-state index in [2.05, 4.69) is 10.3 Å². The van der Waals surface area contributed by atoms with Crippen LogP contribution in [0.15, 0.2) is 18.3 Å². The molecule has 3 heterocycles. The second-order valence-corrected chi connectivity index (χ2v) is 6.86. The number of nitrogens with zero attached hydrogens (tertiary/aromatic N) is 6. The molecule has 0 aliphatic heterocycles. The highest BCUT2D eigenvalue weighted by molar-refractivity contribution is 5.90. The molecule has 162 valence electrons. The van der Waals surface area contributed by atoms with Crippen molar-refractivity contribution in [3.05, 3.63) is 29.6 Å². The van der Waals surface area contributed by atoms with Gasteiger partial charge in [0.05, 0.1) is 26.4 Å². The minimum atomic E-state index is -0.00135. The minimum absolute atomic E-state index is 0.00135. The predicted molar refractivity (Wildman–Crippen MR) is 115 cm³/mol. The maximum atomic E-state index is 9.34. The normalized spacial score (nSPS) is 11.2. The van der Waals surface area contributed by atoms with E-state index in [0.717, 1.165) is 11.1 Å². The van der Waals surface area contributed by atoms with Gasteiger partial charge in [0.1, 0.15) is 22.5 Å². The molecule has 3 rings (SSSR count). The van der Waals surface area contributed by atoms with Gasteiger partial charge in [-0.2, -0.15) is 10.1 Å². The van der Waals surface area contributed by atoms with Gasteiger partial charge in [-0.1, -0.05) is 0 Å². The van der Waals surface area contributed by atoms with Crippen LogP contribution in [-0.4, -0.2) is 70.4 Å². The van der Waals surface area contributed by atoms with E-state index in [1.54, 1.807) is 18.2 Å². The summed E-state index contributed by atoms with van der Waals surface area (Å²) in [6.07, 6.45) is 1.75. The Bertz CT molecular complexity index is 976. The Kier molecular flexibility index (Phi) is 7.50. The van der Waals surface area contributed by atoms with Gasteiger partial charge in [0.2, 0.25) is 5.95 Å². The van der Waals surface area contributed by atoms with Gasteiger partial charge in [-0.3, -0.25) is 4.68 Å². The Balaban J connectivity index is 2.14. The van der Waals surface area contributed by atoms with Gasteiger partial charge in [0, 0.05) is 33.5 Å². The van der Waals surface area contributed by atoms with Gasteiger partial charge < -0.3 is 24.8 Å². The molecule has 0 saturated carbocycles. The molecule has 0 saturated heterocycles. The number of methoxy groups -OCH3 is 1. The minimum Gasteiger partial charge on any atom is -0.395 e. The number of hydrogen-bond donors (Lipinski definition) is 2. The van der Waals surface area contributed by atoms with E-state index < -0.39 is 0 Å². The maximum Gasteiger partial charge on any atom is 0.227 e. The molecule has 30 heavy (non-hydrogen) atoms. The number of fused-ring (bicyclic) bond motifs is 1. The molecule has 0 spiro atoms. The SMILES string of the molecule is CCOCCn1nc(COC)c2nc(N(C)CCO)nc(Nc3cc(C)ccn3)c21. The second-order valence-electron chi connectivity index (χ2n) is 6.86. The lowest BCUT2D eigenvalue weighted by atomic mass is 10.3. The summed E-state index contributed by atoms with van der Waals surface area (Å²) in [5.74, 6) is 1.74. The monoisotopic (exact) mass is 415 g/mol. The number of aliphatic hydroxyl groups excluding tert-OH is 1. The van der Waals surface area contributed by atoms with Crippen LogP contribution in [0.3, 0.4) is 0 Å². The van der Waals surface area contributed by atoms with Crippen molar-refractivity contribution in [1.82, 2.24) is 24.7 Å². The lowest BCUT2D eigenvalue weighted by Gasteiger charge is -2.17. The van der Waals surface area contributed by atoms with Crippen molar-refractivity contribution < 1.29 is 14.6 Å². The topological polar surface area (TPSA) is 110 Å². The lowest BCUT2D eigenvalue weighted by Crippen LogP contribution is -2.24. The first-order chi connectivity index (χ1) is 14.6. The third kappa shape index (κ3) is 5.02. The zero-order valence-corrected chi connectivity index (χ0v) is 17.9. The highest BCUT2D eigenvalue weighted by Gasteiger charge is 2.20. The van der Waals surface area contributed by atoms with Crippen molar-refractivity contribution in [2.75, 3.05) is 50.7 Å². The van der Waals surface area contributed by atoms with Crippen LogP contribution >= 0.6 is 0 Å². The van der Waals surface area contributed by atoms with Gasteiger partial charge in [-0.05, 0) is 31.5 Å². The second kappa shape index (κ2) is 10.3. The van der Waals surface area contributed by atoms with Crippen molar-refractivity contribution in [3.63, 3.8) is 0 Å². The Morgan fingerprint density at radius 2 is 2.13 bits per heavy atom. The van der Waals surface area contributed by atoms with Crippen LogP contribution in [0.4, 0.5) is 17.6 Å². The molecule has 10 heteroatoms. The highest BCUT2D eigenvalue weighted by atomic mass is 16.5. The van der Waals surface area contributed by atoms with Crippen LogP contribution in [0.25, 0.3) is 11.0 Å².